The zero-order valence-corrected chi connectivity index (χ0v) is 18.7. The number of thiazole rings is 1. The van der Waals surface area contributed by atoms with Crippen molar-refractivity contribution in [3.8, 4) is 0 Å². The number of para-hydroxylation sites is 1. The third-order valence-corrected chi connectivity index (χ3v) is 7.41. The van der Waals surface area contributed by atoms with E-state index in [1.54, 1.807) is 40.5 Å². The number of amides is 1. The number of ether oxygens (including phenoxy) is 1. The maximum atomic E-state index is 13.1. The van der Waals surface area contributed by atoms with Crippen LogP contribution in [0, 0.1) is 0 Å². The predicted molar refractivity (Wildman–Crippen MR) is 124 cm³/mol. The Bertz CT molecular complexity index is 978. The number of thiophene rings is 1. The number of morpholine rings is 1. The largest absolute Gasteiger partial charge is 0.379 e. The molecular formula is C21H23N3O2S3. The molecule has 8 heteroatoms. The van der Waals surface area contributed by atoms with Gasteiger partial charge in [0.05, 0.1) is 23.4 Å². The van der Waals surface area contributed by atoms with Gasteiger partial charge in [-0.1, -0.05) is 23.5 Å². The zero-order chi connectivity index (χ0) is 20.1. The van der Waals surface area contributed by atoms with Gasteiger partial charge < -0.3 is 4.74 Å². The molecule has 1 fully saturated rings. The highest BCUT2D eigenvalue weighted by Gasteiger charge is 2.20. The van der Waals surface area contributed by atoms with Gasteiger partial charge in [-0.15, -0.1) is 23.1 Å². The first-order valence-corrected chi connectivity index (χ1v) is 12.4. The van der Waals surface area contributed by atoms with E-state index in [0.717, 1.165) is 58.0 Å². The molecular weight excluding hydrogens is 422 g/mol. The van der Waals surface area contributed by atoms with Crippen LogP contribution in [0.25, 0.3) is 16.3 Å². The quantitative estimate of drug-likeness (QED) is 0.397. The average molecular weight is 446 g/mol. The summed E-state index contributed by atoms with van der Waals surface area (Å²) in [5.41, 5.74) is 0.978. The third kappa shape index (κ3) is 5.07. The second-order valence-corrected chi connectivity index (χ2v) is 9.43. The van der Waals surface area contributed by atoms with E-state index in [1.807, 2.05) is 34.6 Å². The Hall–Kier alpha value is -1.71. The van der Waals surface area contributed by atoms with Gasteiger partial charge in [0, 0.05) is 42.0 Å². The molecule has 1 aromatic carbocycles. The number of benzene rings is 1. The molecule has 3 aromatic rings. The summed E-state index contributed by atoms with van der Waals surface area (Å²) in [4.78, 5) is 24.3. The minimum Gasteiger partial charge on any atom is -0.379 e. The van der Waals surface area contributed by atoms with E-state index in [1.165, 1.54) is 0 Å². The molecule has 2 aromatic heterocycles. The Labute approximate surface area is 183 Å². The Morgan fingerprint density at radius 1 is 1.31 bits per heavy atom. The van der Waals surface area contributed by atoms with E-state index < -0.39 is 0 Å². The van der Waals surface area contributed by atoms with Crippen molar-refractivity contribution in [3.05, 3.63) is 46.7 Å². The van der Waals surface area contributed by atoms with Crippen LogP contribution in [-0.2, 0) is 9.53 Å². The number of carbonyl (C=O) groups excluding carboxylic acids is 1. The van der Waals surface area contributed by atoms with Crippen molar-refractivity contribution in [2.75, 3.05) is 50.5 Å². The Morgan fingerprint density at radius 2 is 2.17 bits per heavy atom. The van der Waals surface area contributed by atoms with E-state index in [0.29, 0.717) is 6.54 Å². The van der Waals surface area contributed by atoms with E-state index in [9.17, 15) is 4.79 Å². The predicted octanol–water partition coefficient (Wildman–Crippen LogP) is 4.46. The molecule has 0 spiro atoms. The number of anilines is 1. The molecule has 152 valence electrons. The topological polar surface area (TPSA) is 45.7 Å². The number of fused-ring (bicyclic) bond motifs is 1. The second-order valence-electron chi connectivity index (χ2n) is 6.60. The molecule has 29 heavy (non-hydrogen) atoms. The van der Waals surface area contributed by atoms with Crippen molar-refractivity contribution in [1.82, 2.24) is 9.88 Å². The van der Waals surface area contributed by atoms with Crippen molar-refractivity contribution < 1.29 is 9.53 Å². The van der Waals surface area contributed by atoms with Crippen molar-refractivity contribution in [2.24, 2.45) is 0 Å². The molecule has 0 N–H and O–H groups in total. The molecule has 5 nitrogen and oxygen atoms in total. The van der Waals surface area contributed by atoms with E-state index in [2.05, 4.69) is 23.3 Å². The van der Waals surface area contributed by atoms with E-state index in [-0.39, 0.29) is 5.91 Å². The third-order valence-electron chi connectivity index (χ3n) is 4.76. The molecule has 0 radical (unpaired) electrons. The van der Waals surface area contributed by atoms with Crippen LogP contribution in [0.4, 0.5) is 5.13 Å². The van der Waals surface area contributed by atoms with Crippen molar-refractivity contribution in [1.29, 1.82) is 0 Å². The Kier molecular flexibility index (Phi) is 6.99. The van der Waals surface area contributed by atoms with E-state index in [4.69, 9.17) is 9.72 Å². The first-order chi connectivity index (χ1) is 14.2. The average Bonchev–Trinajstić information content (AvgIpc) is 3.42. The highest BCUT2D eigenvalue weighted by atomic mass is 32.2. The summed E-state index contributed by atoms with van der Waals surface area (Å²) in [5.74, 6) is -0.0311. The molecule has 0 bridgehead atoms. The summed E-state index contributed by atoms with van der Waals surface area (Å²) in [6.07, 6.45) is 5.60. The van der Waals surface area contributed by atoms with Crippen LogP contribution in [0.15, 0.2) is 46.7 Å². The molecule has 0 aliphatic carbocycles. The number of rotatable bonds is 7. The van der Waals surface area contributed by atoms with Gasteiger partial charge in [0.1, 0.15) is 0 Å². The standard InChI is InChI=1S/C21H23N3O2S3/c1-27-17-5-2-6-18-20(17)22-21(29-18)24(10-9-23-11-13-26-14-12-23)19(25)8-7-16-4-3-15-28-16/h2-8,15H,9-14H2,1H3. The number of aromatic nitrogens is 1. The monoisotopic (exact) mass is 445 g/mol. The second kappa shape index (κ2) is 9.86. The minimum atomic E-state index is -0.0311. The first-order valence-electron chi connectivity index (χ1n) is 9.51. The highest BCUT2D eigenvalue weighted by molar-refractivity contribution is 7.98. The molecule has 1 amide bonds. The minimum absolute atomic E-state index is 0.0311. The van der Waals surface area contributed by atoms with Crippen molar-refractivity contribution >= 4 is 61.8 Å². The number of hydrogen-bond acceptors (Lipinski definition) is 7. The van der Waals surface area contributed by atoms with Crippen LogP contribution in [0.2, 0.25) is 0 Å². The number of hydrogen-bond donors (Lipinski definition) is 0. The van der Waals surface area contributed by atoms with Crippen LogP contribution in [0.1, 0.15) is 4.88 Å². The first kappa shape index (κ1) is 20.6. The lowest BCUT2D eigenvalue weighted by atomic mass is 10.3. The lowest BCUT2D eigenvalue weighted by Crippen LogP contribution is -2.42. The van der Waals surface area contributed by atoms with Gasteiger partial charge in [-0.25, -0.2) is 4.98 Å². The molecule has 1 aliphatic heterocycles. The molecule has 1 saturated heterocycles. The molecule has 0 saturated carbocycles. The number of nitrogens with zero attached hydrogens (tertiary/aromatic N) is 3. The summed E-state index contributed by atoms with van der Waals surface area (Å²) in [7, 11) is 0. The van der Waals surface area contributed by atoms with Crippen LogP contribution in [0.5, 0.6) is 0 Å². The molecule has 4 rings (SSSR count). The fraction of sp³-hybridized carbons (Fsp3) is 0.333. The number of carbonyl (C=O) groups is 1. The van der Waals surface area contributed by atoms with Gasteiger partial charge in [-0.05, 0) is 35.9 Å². The van der Waals surface area contributed by atoms with Gasteiger partial charge in [-0.2, -0.15) is 0 Å². The lowest BCUT2D eigenvalue weighted by Gasteiger charge is -2.28. The van der Waals surface area contributed by atoms with Crippen LogP contribution in [-0.4, -0.2) is 61.4 Å². The summed E-state index contributed by atoms with van der Waals surface area (Å²) in [6, 6.07) is 10.2. The Balaban J connectivity index is 1.59. The summed E-state index contributed by atoms with van der Waals surface area (Å²) < 4.78 is 6.55. The fourth-order valence-corrected chi connectivity index (χ4v) is 5.46. The summed E-state index contributed by atoms with van der Waals surface area (Å²) >= 11 is 4.88. The Morgan fingerprint density at radius 3 is 2.93 bits per heavy atom. The molecule has 1 aliphatic rings. The molecule has 3 heterocycles. The van der Waals surface area contributed by atoms with Gasteiger partial charge in [0.15, 0.2) is 5.13 Å². The lowest BCUT2D eigenvalue weighted by molar-refractivity contribution is -0.114. The summed E-state index contributed by atoms with van der Waals surface area (Å²) in [6.45, 7) is 4.75. The highest BCUT2D eigenvalue weighted by Crippen LogP contribution is 2.34. The SMILES string of the molecule is CSc1cccc2sc(N(CCN3CCOCC3)C(=O)C=Cc3cccs3)nc12. The van der Waals surface area contributed by atoms with E-state index >= 15 is 0 Å². The van der Waals surface area contributed by atoms with Gasteiger partial charge in [0.25, 0.3) is 5.91 Å². The zero-order valence-electron chi connectivity index (χ0n) is 16.2. The van der Waals surface area contributed by atoms with Gasteiger partial charge >= 0.3 is 0 Å². The molecule has 0 unspecified atom stereocenters. The maximum Gasteiger partial charge on any atom is 0.252 e. The van der Waals surface area contributed by atoms with Gasteiger partial charge in [-0.3, -0.25) is 14.6 Å². The number of thioether (sulfide) groups is 1. The normalized spacial score (nSPS) is 15.3. The van der Waals surface area contributed by atoms with Crippen LogP contribution < -0.4 is 4.90 Å². The molecule has 0 atom stereocenters. The van der Waals surface area contributed by atoms with Crippen molar-refractivity contribution in [2.45, 2.75) is 4.90 Å². The van der Waals surface area contributed by atoms with Gasteiger partial charge in [0.2, 0.25) is 0 Å². The maximum absolute atomic E-state index is 13.1. The van der Waals surface area contributed by atoms with Crippen molar-refractivity contribution in [3.63, 3.8) is 0 Å². The van der Waals surface area contributed by atoms with Crippen LogP contribution in [0.3, 0.4) is 0 Å². The van der Waals surface area contributed by atoms with Crippen LogP contribution >= 0.6 is 34.4 Å². The smallest absolute Gasteiger partial charge is 0.252 e. The fourth-order valence-electron chi connectivity index (χ4n) is 3.19. The summed E-state index contributed by atoms with van der Waals surface area (Å²) in [5, 5.41) is 2.77.